The zero-order valence-corrected chi connectivity index (χ0v) is 22.4. The quantitative estimate of drug-likeness (QED) is 0.302. The van der Waals surface area contributed by atoms with Gasteiger partial charge >= 0.3 is 0 Å². The summed E-state index contributed by atoms with van der Waals surface area (Å²) < 4.78 is 11.3. The van der Waals surface area contributed by atoms with Crippen molar-refractivity contribution in [3.63, 3.8) is 0 Å². The van der Waals surface area contributed by atoms with Crippen LogP contribution in [0.1, 0.15) is 53.4 Å². The third-order valence-corrected chi connectivity index (χ3v) is 7.32. The summed E-state index contributed by atoms with van der Waals surface area (Å²) >= 11 is 0. The summed E-state index contributed by atoms with van der Waals surface area (Å²) in [4.78, 5) is 28.2. The monoisotopic (exact) mass is 493 g/mol. The van der Waals surface area contributed by atoms with Gasteiger partial charge in [-0.1, -0.05) is 58.6 Å². The van der Waals surface area contributed by atoms with Crippen LogP contribution in [0.4, 0.5) is 0 Å². The summed E-state index contributed by atoms with van der Waals surface area (Å²) in [5, 5.41) is 13.4. The summed E-state index contributed by atoms with van der Waals surface area (Å²) in [6.45, 7) is 15.6. The summed E-state index contributed by atoms with van der Waals surface area (Å²) in [7, 11) is 3.15. The van der Waals surface area contributed by atoms with Crippen molar-refractivity contribution in [2.24, 2.45) is 17.6 Å². The lowest BCUT2D eigenvalue weighted by Gasteiger charge is -2.35. The van der Waals surface area contributed by atoms with Gasteiger partial charge in [-0.25, -0.2) is 0 Å². The van der Waals surface area contributed by atoms with Crippen molar-refractivity contribution in [3.8, 4) is 0 Å². The highest BCUT2D eigenvalue weighted by atomic mass is 16.5. The van der Waals surface area contributed by atoms with E-state index in [1.165, 1.54) is 0 Å². The third kappa shape index (κ3) is 8.27. The van der Waals surface area contributed by atoms with Crippen LogP contribution < -0.4 is 11.1 Å². The maximum absolute atomic E-state index is 13.3. The van der Waals surface area contributed by atoms with Crippen molar-refractivity contribution in [2.45, 2.75) is 89.8 Å². The van der Waals surface area contributed by atoms with Crippen LogP contribution in [0.25, 0.3) is 0 Å². The van der Waals surface area contributed by atoms with E-state index >= 15 is 0 Å². The number of ether oxygens (including phenoxy) is 2. The fourth-order valence-corrected chi connectivity index (χ4v) is 4.74. The second-order valence-corrected chi connectivity index (χ2v) is 9.58. The van der Waals surface area contributed by atoms with Crippen LogP contribution in [0.5, 0.6) is 0 Å². The molecule has 8 atom stereocenters. The molecule has 1 rings (SSSR count). The van der Waals surface area contributed by atoms with Crippen molar-refractivity contribution in [1.82, 2.24) is 10.2 Å². The number of amides is 2. The molecule has 1 fully saturated rings. The minimum atomic E-state index is -0.923. The Hall–Kier alpha value is -2.00. The number of nitrogens with one attached hydrogen (secondary N) is 1. The number of likely N-dealkylation sites (tertiary alicyclic amines) is 1. The number of rotatable bonds is 15. The highest BCUT2D eigenvalue weighted by Gasteiger charge is 2.41. The Morgan fingerprint density at radius 2 is 1.89 bits per heavy atom. The standard InChI is InChI=1S/C27H47N3O5/c1-9-13-20(11-3)25(32)19(6)29-27(33)18(5)26(35-8)21-14-12-15-30(21)23(31)16-22(34-7)24(28)17(4)10-2/h9,11,13,17-19,21-22,24-26,32H,1,3,10,12,14-16,28H2,2,4-8H3,(H,29,33)/b20-13+. The summed E-state index contributed by atoms with van der Waals surface area (Å²) in [6, 6.07) is -1.01. The molecule has 0 aromatic rings. The minimum absolute atomic E-state index is 0.0401. The van der Waals surface area contributed by atoms with Gasteiger partial charge < -0.3 is 30.5 Å². The Kier molecular flexibility index (Phi) is 13.5. The van der Waals surface area contributed by atoms with Crippen molar-refractivity contribution in [1.29, 1.82) is 0 Å². The van der Waals surface area contributed by atoms with Crippen molar-refractivity contribution < 1.29 is 24.2 Å². The zero-order valence-electron chi connectivity index (χ0n) is 22.4. The van der Waals surface area contributed by atoms with E-state index < -0.39 is 24.2 Å². The molecule has 1 aliphatic rings. The lowest BCUT2D eigenvalue weighted by atomic mass is 9.92. The van der Waals surface area contributed by atoms with Crippen LogP contribution in [0.3, 0.4) is 0 Å². The van der Waals surface area contributed by atoms with Crippen molar-refractivity contribution in [2.75, 3.05) is 20.8 Å². The molecule has 0 aliphatic carbocycles. The number of aliphatic hydroxyl groups excluding tert-OH is 1. The fourth-order valence-electron chi connectivity index (χ4n) is 4.74. The molecule has 200 valence electrons. The van der Waals surface area contributed by atoms with Gasteiger partial charge in [0.1, 0.15) is 0 Å². The smallest absolute Gasteiger partial charge is 0.225 e. The number of carbonyl (C=O) groups excluding carboxylic acids is 2. The average molecular weight is 494 g/mol. The first-order chi connectivity index (χ1) is 16.6. The largest absolute Gasteiger partial charge is 0.386 e. The Balaban J connectivity index is 2.92. The van der Waals surface area contributed by atoms with Gasteiger partial charge in [-0.3, -0.25) is 9.59 Å². The van der Waals surface area contributed by atoms with Crippen LogP contribution in [0, 0.1) is 11.8 Å². The van der Waals surface area contributed by atoms with Gasteiger partial charge in [0, 0.05) is 26.8 Å². The number of aliphatic hydroxyl groups is 1. The first-order valence-corrected chi connectivity index (χ1v) is 12.6. The number of hydrogen-bond acceptors (Lipinski definition) is 6. The predicted octanol–water partition coefficient (Wildman–Crippen LogP) is 2.57. The van der Waals surface area contributed by atoms with Gasteiger partial charge in [0.25, 0.3) is 0 Å². The maximum Gasteiger partial charge on any atom is 0.225 e. The molecule has 1 aliphatic heterocycles. The summed E-state index contributed by atoms with van der Waals surface area (Å²) in [5.41, 5.74) is 6.92. The third-order valence-electron chi connectivity index (χ3n) is 7.32. The molecule has 0 bridgehead atoms. The normalized spacial score (nSPS) is 22.5. The second-order valence-electron chi connectivity index (χ2n) is 9.58. The Morgan fingerprint density at radius 3 is 2.40 bits per heavy atom. The van der Waals surface area contributed by atoms with Crippen molar-refractivity contribution in [3.05, 3.63) is 37.0 Å². The number of carbonyl (C=O) groups is 2. The molecule has 0 radical (unpaired) electrons. The van der Waals surface area contributed by atoms with E-state index in [9.17, 15) is 14.7 Å². The molecule has 4 N–H and O–H groups in total. The van der Waals surface area contributed by atoms with Gasteiger partial charge in [0.15, 0.2) is 0 Å². The number of hydrogen-bond donors (Lipinski definition) is 3. The van der Waals surface area contributed by atoms with Gasteiger partial charge in [-0.2, -0.15) is 0 Å². The van der Waals surface area contributed by atoms with E-state index in [0.29, 0.717) is 12.1 Å². The highest BCUT2D eigenvalue weighted by Crippen LogP contribution is 2.28. The molecule has 0 spiro atoms. The Morgan fingerprint density at radius 1 is 1.23 bits per heavy atom. The van der Waals surface area contributed by atoms with Crippen molar-refractivity contribution >= 4 is 11.8 Å². The fraction of sp³-hybridized carbons (Fsp3) is 0.704. The molecular formula is C27H47N3O5. The molecule has 35 heavy (non-hydrogen) atoms. The molecule has 1 saturated heterocycles. The molecule has 8 unspecified atom stereocenters. The Labute approximate surface area is 211 Å². The molecule has 8 heteroatoms. The van der Waals surface area contributed by atoms with E-state index in [0.717, 1.165) is 19.3 Å². The molecular weight excluding hydrogens is 446 g/mol. The summed E-state index contributed by atoms with van der Waals surface area (Å²) in [6.07, 6.45) is 5.66. The predicted molar refractivity (Wildman–Crippen MR) is 140 cm³/mol. The minimum Gasteiger partial charge on any atom is -0.386 e. The number of allylic oxidation sites excluding steroid dienone is 2. The SMILES string of the molecule is C=C/C=C(\C=C)C(O)C(C)NC(=O)C(C)C(OC)C1CCCN1C(=O)CC(OC)C(N)C(C)CC. The van der Waals surface area contributed by atoms with Crippen LogP contribution in [0.15, 0.2) is 37.0 Å². The van der Waals surface area contributed by atoms with Crippen LogP contribution in [0.2, 0.25) is 0 Å². The first kappa shape index (κ1) is 31.0. The molecule has 0 aromatic heterocycles. The van der Waals surface area contributed by atoms with E-state index in [4.69, 9.17) is 15.2 Å². The van der Waals surface area contributed by atoms with E-state index in [2.05, 4.69) is 32.3 Å². The zero-order chi connectivity index (χ0) is 26.7. The van der Waals surface area contributed by atoms with Gasteiger partial charge in [0.05, 0.1) is 42.7 Å². The van der Waals surface area contributed by atoms with E-state index in [1.807, 2.05) is 4.90 Å². The topological polar surface area (TPSA) is 114 Å². The molecule has 1 heterocycles. The van der Waals surface area contributed by atoms with E-state index in [1.54, 1.807) is 46.3 Å². The second kappa shape index (κ2) is 15.2. The van der Waals surface area contributed by atoms with Gasteiger partial charge in [-0.05, 0) is 31.3 Å². The lowest BCUT2D eigenvalue weighted by Crippen LogP contribution is -2.53. The van der Waals surface area contributed by atoms with Crippen LogP contribution in [-0.2, 0) is 19.1 Å². The van der Waals surface area contributed by atoms with Crippen LogP contribution in [-0.4, -0.2) is 79.0 Å². The molecule has 2 amide bonds. The lowest BCUT2D eigenvalue weighted by molar-refractivity contribution is -0.142. The summed E-state index contributed by atoms with van der Waals surface area (Å²) in [5.74, 6) is -0.595. The maximum atomic E-state index is 13.3. The highest BCUT2D eigenvalue weighted by molar-refractivity contribution is 5.80. The van der Waals surface area contributed by atoms with Gasteiger partial charge in [-0.15, -0.1) is 0 Å². The Bertz CT molecular complexity index is 740. The molecule has 8 nitrogen and oxygen atoms in total. The number of nitrogens with two attached hydrogens (primary N) is 1. The molecule has 0 saturated carbocycles. The average Bonchev–Trinajstić information content (AvgIpc) is 3.34. The molecule has 0 aromatic carbocycles. The van der Waals surface area contributed by atoms with E-state index in [-0.39, 0.29) is 42.3 Å². The van der Waals surface area contributed by atoms with Crippen LogP contribution >= 0.6 is 0 Å². The number of methoxy groups -OCH3 is 2. The van der Waals surface area contributed by atoms with Gasteiger partial charge in [0.2, 0.25) is 11.8 Å². The first-order valence-electron chi connectivity index (χ1n) is 12.6. The number of nitrogens with zero attached hydrogens (tertiary/aromatic N) is 1.